The Kier molecular flexibility index (Phi) is 6.11. The van der Waals surface area contributed by atoms with Crippen molar-refractivity contribution in [3.05, 3.63) is 46.1 Å². The zero-order valence-corrected chi connectivity index (χ0v) is 18.5. The Bertz CT molecular complexity index is 862. The molecule has 5 nitrogen and oxygen atoms in total. The van der Waals surface area contributed by atoms with Crippen LogP contribution in [-0.4, -0.2) is 41.2 Å². The molecule has 0 spiro atoms. The number of amides is 1. The van der Waals surface area contributed by atoms with Crippen LogP contribution < -0.4 is 0 Å². The van der Waals surface area contributed by atoms with Gasteiger partial charge in [-0.05, 0) is 64.2 Å². The molecular formula is C22H26Cl2N2O3. The highest BCUT2D eigenvalue weighted by Crippen LogP contribution is 2.49. The first-order chi connectivity index (χ1) is 13.7. The summed E-state index contributed by atoms with van der Waals surface area (Å²) in [4.78, 5) is 31.8. The minimum Gasteiger partial charge on any atom is -0.444 e. The largest absolute Gasteiger partial charge is 0.444 e. The lowest BCUT2D eigenvalue weighted by Gasteiger charge is -2.54. The van der Waals surface area contributed by atoms with Crippen LogP contribution in [0, 0.1) is 0 Å². The number of hydrogen-bond donors (Lipinski definition) is 0. The topological polar surface area (TPSA) is 59.0 Å². The highest BCUT2D eigenvalue weighted by molar-refractivity contribution is 6.42. The fraction of sp³-hybridized carbons (Fsp3) is 0.500. The monoisotopic (exact) mass is 436 g/mol. The molecule has 1 fully saturated rings. The summed E-state index contributed by atoms with van der Waals surface area (Å²) in [6, 6.07) is 5.37. The average molecular weight is 437 g/mol. The Hall–Kier alpha value is -1.85. The third-order valence-corrected chi connectivity index (χ3v) is 6.39. The van der Waals surface area contributed by atoms with Gasteiger partial charge in [-0.3, -0.25) is 9.89 Å². The maximum Gasteiger partial charge on any atom is 0.411 e. The normalized spacial score (nSPS) is 27.0. The van der Waals surface area contributed by atoms with Crippen molar-refractivity contribution < 1.29 is 14.3 Å². The number of aliphatic imine (C=N–C) groups is 1. The van der Waals surface area contributed by atoms with Crippen molar-refractivity contribution in [2.45, 2.75) is 63.0 Å². The van der Waals surface area contributed by atoms with Crippen LogP contribution in [0.25, 0.3) is 0 Å². The lowest BCUT2D eigenvalue weighted by molar-refractivity contribution is -0.125. The third kappa shape index (κ3) is 3.95. The SMILES string of the molecule is CC(C)(C)OC(=O)N1CCCCC1(C=O)C1(c2ccc(Cl)c(Cl)c2)C=CN=CC1. The van der Waals surface area contributed by atoms with E-state index in [1.54, 1.807) is 29.4 Å². The molecule has 2 heterocycles. The summed E-state index contributed by atoms with van der Waals surface area (Å²) in [5.74, 6) is 0. The van der Waals surface area contributed by atoms with Crippen LogP contribution in [0.2, 0.25) is 10.0 Å². The second-order valence-electron chi connectivity index (χ2n) is 8.58. The quantitative estimate of drug-likeness (QED) is 0.581. The molecule has 29 heavy (non-hydrogen) atoms. The molecule has 1 aromatic carbocycles. The summed E-state index contributed by atoms with van der Waals surface area (Å²) in [5, 5.41) is 0.840. The third-order valence-electron chi connectivity index (χ3n) is 5.65. The molecule has 0 radical (unpaired) electrons. The van der Waals surface area contributed by atoms with E-state index in [0.717, 1.165) is 24.7 Å². The molecule has 0 saturated carbocycles. The summed E-state index contributed by atoms with van der Waals surface area (Å²) in [6.07, 6.45) is 8.39. The fourth-order valence-electron chi connectivity index (χ4n) is 4.32. The van der Waals surface area contributed by atoms with Crippen molar-refractivity contribution in [1.82, 2.24) is 4.90 Å². The Morgan fingerprint density at radius 2 is 2.00 bits per heavy atom. The fourth-order valence-corrected chi connectivity index (χ4v) is 4.61. The molecule has 156 valence electrons. The second-order valence-corrected chi connectivity index (χ2v) is 9.40. The van der Waals surface area contributed by atoms with Gasteiger partial charge in [-0.25, -0.2) is 4.79 Å². The number of carbonyl (C=O) groups excluding carboxylic acids is 2. The first-order valence-corrected chi connectivity index (χ1v) is 10.5. The maximum absolute atomic E-state index is 13.2. The highest BCUT2D eigenvalue weighted by atomic mass is 35.5. The number of carbonyl (C=O) groups is 2. The number of ether oxygens (including phenoxy) is 1. The Morgan fingerprint density at radius 3 is 2.59 bits per heavy atom. The number of hydrogen-bond acceptors (Lipinski definition) is 4. The van der Waals surface area contributed by atoms with Gasteiger partial charge < -0.3 is 9.53 Å². The van der Waals surface area contributed by atoms with Gasteiger partial charge in [0.1, 0.15) is 17.4 Å². The molecular weight excluding hydrogens is 411 g/mol. The van der Waals surface area contributed by atoms with E-state index >= 15 is 0 Å². The molecule has 0 aromatic heterocycles. The van der Waals surface area contributed by atoms with E-state index in [-0.39, 0.29) is 0 Å². The molecule has 0 bridgehead atoms. The Morgan fingerprint density at radius 1 is 1.24 bits per heavy atom. The lowest BCUT2D eigenvalue weighted by atomic mass is 9.59. The van der Waals surface area contributed by atoms with Crippen molar-refractivity contribution in [3.8, 4) is 0 Å². The summed E-state index contributed by atoms with van der Waals surface area (Å²) in [6.45, 7) is 5.90. The molecule has 2 atom stereocenters. The van der Waals surface area contributed by atoms with Crippen LogP contribution in [0.3, 0.4) is 0 Å². The Balaban J connectivity index is 2.18. The minimum absolute atomic E-state index is 0.403. The van der Waals surface area contributed by atoms with E-state index in [4.69, 9.17) is 27.9 Å². The van der Waals surface area contributed by atoms with Gasteiger partial charge in [0.05, 0.1) is 15.5 Å². The predicted molar refractivity (Wildman–Crippen MR) is 116 cm³/mol. The number of piperidine rings is 1. The van der Waals surface area contributed by atoms with Crippen LogP contribution in [0.4, 0.5) is 4.79 Å². The van der Waals surface area contributed by atoms with Gasteiger partial charge in [-0.1, -0.05) is 35.3 Å². The number of nitrogens with zero attached hydrogens (tertiary/aromatic N) is 2. The zero-order chi connectivity index (χ0) is 21.3. The summed E-state index contributed by atoms with van der Waals surface area (Å²) < 4.78 is 5.67. The second kappa shape index (κ2) is 8.11. The smallest absolute Gasteiger partial charge is 0.411 e. The molecule has 2 aliphatic heterocycles. The van der Waals surface area contributed by atoms with Gasteiger partial charge in [0, 0.05) is 19.0 Å². The first kappa shape index (κ1) is 21.8. The van der Waals surface area contributed by atoms with Gasteiger partial charge in [0.2, 0.25) is 0 Å². The van der Waals surface area contributed by atoms with Crippen LogP contribution in [0.15, 0.2) is 35.5 Å². The number of likely N-dealkylation sites (tertiary alicyclic amines) is 1. The standard InChI is InChI=1S/C22H26Cl2N2O3/c1-20(2,3)29-19(28)26-13-5-4-8-22(26,15-27)21(9-11-25-12-10-21)16-6-7-17(23)18(24)14-16/h6-7,9,11-12,14-15H,4-5,8,10,13H2,1-3H3. The molecule has 0 N–H and O–H groups in total. The number of halogens is 2. The highest BCUT2D eigenvalue weighted by Gasteiger charge is 2.57. The molecule has 2 unspecified atom stereocenters. The van der Waals surface area contributed by atoms with Gasteiger partial charge in [-0.15, -0.1) is 0 Å². The van der Waals surface area contributed by atoms with Crippen molar-refractivity contribution in [2.24, 2.45) is 4.99 Å². The maximum atomic E-state index is 13.2. The predicted octanol–water partition coefficient (Wildman–Crippen LogP) is 5.58. The molecule has 0 aliphatic carbocycles. The number of rotatable bonds is 3. The molecule has 3 rings (SSSR count). The van der Waals surface area contributed by atoms with E-state index in [1.807, 2.05) is 32.9 Å². The van der Waals surface area contributed by atoms with Gasteiger partial charge in [-0.2, -0.15) is 0 Å². The van der Waals surface area contributed by atoms with Crippen molar-refractivity contribution in [2.75, 3.05) is 6.54 Å². The van der Waals surface area contributed by atoms with Gasteiger partial charge in [0.25, 0.3) is 0 Å². The summed E-state index contributed by atoms with van der Waals surface area (Å²) in [5.41, 5.74) is -1.78. The minimum atomic E-state index is -1.12. The molecule has 7 heteroatoms. The number of benzene rings is 1. The van der Waals surface area contributed by atoms with Crippen molar-refractivity contribution in [1.29, 1.82) is 0 Å². The molecule has 2 aliphatic rings. The van der Waals surface area contributed by atoms with Crippen molar-refractivity contribution in [3.63, 3.8) is 0 Å². The van der Waals surface area contributed by atoms with Crippen LogP contribution in [0.1, 0.15) is 52.0 Å². The van der Waals surface area contributed by atoms with Crippen LogP contribution in [0.5, 0.6) is 0 Å². The van der Waals surface area contributed by atoms with E-state index in [2.05, 4.69) is 4.99 Å². The molecule has 1 saturated heterocycles. The number of aldehydes is 1. The lowest BCUT2D eigenvalue weighted by Crippen LogP contribution is -2.67. The van der Waals surface area contributed by atoms with Crippen LogP contribution >= 0.6 is 23.2 Å². The molecule has 1 amide bonds. The molecule has 1 aromatic rings. The van der Waals surface area contributed by atoms with E-state index in [9.17, 15) is 9.59 Å². The van der Waals surface area contributed by atoms with E-state index in [0.29, 0.717) is 29.4 Å². The zero-order valence-electron chi connectivity index (χ0n) is 17.0. The average Bonchev–Trinajstić information content (AvgIpc) is 2.69. The van der Waals surface area contributed by atoms with Gasteiger partial charge >= 0.3 is 6.09 Å². The first-order valence-electron chi connectivity index (χ1n) is 9.77. The van der Waals surface area contributed by atoms with Crippen molar-refractivity contribution >= 4 is 41.8 Å². The van der Waals surface area contributed by atoms with Crippen LogP contribution in [-0.2, 0) is 14.9 Å². The Labute approximate surface area is 181 Å². The van der Waals surface area contributed by atoms with E-state index in [1.165, 1.54) is 0 Å². The van der Waals surface area contributed by atoms with Gasteiger partial charge in [0.15, 0.2) is 0 Å². The summed E-state index contributed by atoms with van der Waals surface area (Å²) in [7, 11) is 0. The van der Waals surface area contributed by atoms with E-state index < -0.39 is 22.6 Å². The summed E-state index contributed by atoms with van der Waals surface area (Å²) >= 11 is 12.5.